The average Bonchev–Trinajstić information content (AvgIpc) is 3.64. The van der Waals surface area contributed by atoms with Crippen molar-refractivity contribution >= 4 is 28.2 Å². The van der Waals surface area contributed by atoms with Gasteiger partial charge in [-0.25, -0.2) is 0 Å². The van der Waals surface area contributed by atoms with E-state index >= 15 is 0 Å². The number of fused-ring (bicyclic) bond motifs is 1. The Balaban J connectivity index is 1.35. The minimum Gasteiger partial charge on any atom is -0.382 e. The van der Waals surface area contributed by atoms with Crippen LogP contribution in [0.5, 0.6) is 0 Å². The number of thioether (sulfide) groups is 1. The molecule has 2 heterocycles. The van der Waals surface area contributed by atoms with Gasteiger partial charge in [0.15, 0.2) is 0 Å². The van der Waals surface area contributed by atoms with Crippen LogP contribution < -0.4 is 5.32 Å². The molecule has 1 saturated carbocycles. The summed E-state index contributed by atoms with van der Waals surface area (Å²) in [6.45, 7) is 3.01. The highest BCUT2D eigenvalue weighted by molar-refractivity contribution is 8.00. The quantitative estimate of drug-likeness (QED) is 0.487. The van der Waals surface area contributed by atoms with Gasteiger partial charge >= 0.3 is 0 Å². The Bertz CT molecular complexity index is 1030. The van der Waals surface area contributed by atoms with Gasteiger partial charge in [-0.1, -0.05) is 18.2 Å². The highest BCUT2D eigenvalue weighted by atomic mass is 32.2. The third-order valence-electron chi connectivity index (χ3n) is 6.29. The summed E-state index contributed by atoms with van der Waals surface area (Å²) in [7, 11) is 1.74. The van der Waals surface area contributed by atoms with Crippen LogP contribution in [0.4, 0.5) is 5.69 Å². The van der Waals surface area contributed by atoms with Crippen molar-refractivity contribution in [2.75, 3.05) is 31.4 Å². The lowest BCUT2D eigenvalue weighted by atomic mass is 9.98. The standard InChI is InChI=1S/C26H31N3OS/c1-30-17-19-3-2-4-20(13-19)22-14-21-7-10-27-16-25(21)26(15-22)28-23-8-11-29(12-9-23)18-31-24-5-6-24/h2-4,7,10,13-16,23-24,28H,5-6,8-9,11-12,17-18H2,1H3. The van der Waals surface area contributed by atoms with Crippen LogP contribution in [0.25, 0.3) is 21.9 Å². The van der Waals surface area contributed by atoms with Gasteiger partial charge in [-0.05, 0) is 72.0 Å². The van der Waals surface area contributed by atoms with Crippen LogP contribution in [0.2, 0.25) is 0 Å². The Morgan fingerprint density at radius 1 is 1.06 bits per heavy atom. The normalized spacial score (nSPS) is 17.8. The predicted octanol–water partition coefficient (Wildman–Crippen LogP) is 5.78. The predicted molar refractivity (Wildman–Crippen MR) is 132 cm³/mol. The molecule has 1 aliphatic carbocycles. The number of nitrogens with one attached hydrogen (secondary N) is 1. The number of hydrogen-bond acceptors (Lipinski definition) is 5. The molecule has 1 aromatic heterocycles. The summed E-state index contributed by atoms with van der Waals surface area (Å²) in [5, 5.41) is 7.24. The molecule has 31 heavy (non-hydrogen) atoms. The van der Waals surface area contributed by atoms with Crippen molar-refractivity contribution in [1.29, 1.82) is 0 Å². The first-order chi connectivity index (χ1) is 15.3. The van der Waals surface area contributed by atoms with Crippen LogP contribution in [-0.2, 0) is 11.3 Å². The van der Waals surface area contributed by atoms with E-state index in [-0.39, 0.29) is 0 Å². The minimum atomic E-state index is 0.514. The molecule has 1 aliphatic heterocycles. The molecule has 0 unspecified atom stereocenters. The fraction of sp³-hybridized carbons (Fsp3) is 0.423. The minimum absolute atomic E-state index is 0.514. The smallest absolute Gasteiger partial charge is 0.0713 e. The van der Waals surface area contributed by atoms with Crippen LogP contribution in [0.1, 0.15) is 31.2 Å². The SMILES string of the molecule is COCc1cccc(-c2cc(NC3CCN(CSC4CC4)CC3)c3cnccc3c2)c1. The zero-order valence-corrected chi connectivity index (χ0v) is 19.0. The number of nitrogens with zero attached hydrogens (tertiary/aromatic N) is 2. The van der Waals surface area contributed by atoms with Crippen molar-refractivity contribution < 1.29 is 4.74 Å². The number of hydrogen-bond donors (Lipinski definition) is 1. The Morgan fingerprint density at radius 2 is 1.94 bits per heavy atom. The molecule has 2 aliphatic rings. The average molecular weight is 434 g/mol. The van der Waals surface area contributed by atoms with Gasteiger partial charge in [0.2, 0.25) is 0 Å². The molecule has 5 heteroatoms. The van der Waals surface area contributed by atoms with Gasteiger partial charge in [0.1, 0.15) is 0 Å². The lowest BCUT2D eigenvalue weighted by Crippen LogP contribution is -2.39. The van der Waals surface area contributed by atoms with Crippen molar-refractivity contribution in [3.63, 3.8) is 0 Å². The number of benzene rings is 2. The molecule has 0 bridgehead atoms. The second kappa shape index (κ2) is 9.60. The Morgan fingerprint density at radius 3 is 2.74 bits per heavy atom. The molecule has 4 nitrogen and oxygen atoms in total. The van der Waals surface area contributed by atoms with Crippen LogP contribution in [-0.4, -0.2) is 47.3 Å². The number of ether oxygens (including phenoxy) is 1. The summed E-state index contributed by atoms with van der Waals surface area (Å²) in [6.07, 6.45) is 9.11. The van der Waals surface area contributed by atoms with Gasteiger partial charge < -0.3 is 10.1 Å². The number of methoxy groups -OCH3 is 1. The third kappa shape index (κ3) is 5.22. The molecular formula is C26H31N3OS. The first-order valence-corrected chi connectivity index (χ1v) is 12.4. The van der Waals surface area contributed by atoms with Crippen LogP contribution in [0, 0.1) is 0 Å². The second-order valence-electron chi connectivity index (χ2n) is 8.79. The van der Waals surface area contributed by atoms with Crippen LogP contribution >= 0.6 is 11.8 Å². The largest absolute Gasteiger partial charge is 0.382 e. The Kier molecular flexibility index (Phi) is 6.44. The fourth-order valence-electron chi connectivity index (χ4n) is 4.36. The highest BCUT2D eigenvalue weighted by Crippen LogP contribution is 2.35. The molecular weight excluding hydrogens is 402 g/mol. The second-order valence-corrected chi connectivity index (χ2v) is 10.0. The summed E-state index contributed by atoms with van der Waals surface area (Å²) < 4.78 is 5.33. The molecule has 3 aromatic rings. The molecule has 1 saturated heterocycles. The van der Waals surface area contributed by atoms with Crippen LogP contribution in [0.15, 0.2) is 54.9 Å². The lowest BCUT2D eigenvalue weighted by molar-refractivity contribution is 0.185. The van der Waals surface area contributed by atoms with Gasteiger partial charge in [0, 0.05) is 60.8 Å². The first-order valence-electron chi connectivity index (χ1n) is 11.3. The monoisotopic (exact) mass is 433 g/mol. The number of likely N-dealkylation sites (tertiary alicyclic amines) is 1. The van der Waals surface area contributed by atoms with Gasteiger partial charge in [0.25, 0.3) is 0 Å². The van der Waals surface area contributed by atoms with E-state index < -0.39 is 0 Å². The summed E-state index contributed by atoms with van der Waals surface area (Å²) in [6, 6.07) is 15.8. The maximum Gasteiger partial charge on any atom is 0.0713 e. The summed E-state index contributed by atoms with van der Waals surface area (Å²) >= 11 is 2.15. The van der Waals surface area contributed by atoms with E-state index in [2.05, 4.69) is 69.4 Å². The molecule has 2 fully saturated rings. The molecule has 0 amide bonds. The molecule has 0 radical (unpaired) electrons. The maximum absolute atomic E-state index is 5.33. The third-order valence-corrected chi connectivity index (χ3v) is 7.75. The molecule has 0 atom stereocenters. The topological polar surface area (TPSA) is 37.4 Å². The van der Waals surface area contributed by atoms with E-state index in [1.165, 1.54) is 77.8 Å². The van der Waals surface area contributed by atoms with Crippen molar-refractivity contribution in [3.05, 3.63) is 60.4 Å². The molecule has 5 rings (SSSR count). The zero-order chi connectivity index (χ0) is 21.0. The molecule has 2 aromatic carbocycles. The van der Waals surface area contributed by atoms with Gasteiger partial charge in [-0.2, -0.15) is 0 Å². The van der Waals surface area contributed by atoms with E-state index in [1.807, 2.05) is 12.4 Å². The Hall–Kier alpha value is -2.08. The molecule has 162 valence electrons. The zero-order valence-electron chi connectivity index (χ0n) is 18.2. The van der Waals surface area contributed by atoms with Gasteiger partial charge in [0.05, 0.1) is 6.61 Å². The van der Waals surface area contributed by atoms with Crippen molar-refractivity contribution in [2.45, 2.75) is 43.6 Å². The van der Waals surface area contributed by atoms with Gasteiger partial charge in [-0.3, -0.25) is 9.88 Å². The number of pyridine rings is 1. The van der Waals surface area contributed by atoms with E-state index in [4.69, 9.17) is 4.74 Å². The van der Waals surface area contributed by atoms with E-state index in [0.717, 1.165) is 5.25 Å². The number of rotatable bonds is 8. The maximum atomic E-state index is 5.33. The summed E-state index contributed by atoms with van der Waals surface area (Å²) in [4.78, 5) is 7.02. The summed E-state index contributed by atoms with van der Waals surface area (Å²) in [5.74, 6) is 1.21. The molecule has 0 spiro atoms. The van der Waals surface area contributed by atoms with Crippen LogP contribution in [0.3, 0.4) is 0 Å². The number of anilines is 1. The number of piperidine rings is 1. The summed E-state index contributed by atoms with van der Waals surface area (Å²) in [5.41, 5.74) is 4.85. The lowest BCUT2D eigenvalue weighted by Gasteiger charge is -2.33. The van der Waals surface area contributed by atoms with E-state index in [0.29, 0.717) is 12.6 Å². The number of aromatic nitrogens is 1. The van der Waals surface area contributed by atoms with Crippen molar-refractivity contribution in [3.8, 4) is 11.1 Å². The molecule has 1 N–H and O–H groups in total. The van der Waals surface area contributed by atoms with Crippen molar-refractivity contribution in [1.82, 2.24) is 9.88 Å². The van der Waals surface area contributed by atoms with Gasteiger partial charge in [-0.15, -0.1) is 11.8 Å². The van der Waals surface area contributed by atoms with E-state index in [9.17, 15) is 0 Å². The fourth-order valence-corrected chi connectivity index (χ4v) is 5.51. The van der Waals surface area contributed by atoms with Crippen molar-refractivity contribution in [2.24, 2.45) is 0 Å². The highest BCUT2D eigenvalue weighted by Gasteiger charge is 2.25. The van der Waals surface area contributed by atoms with E-state index in [1.54, 1.807) is 7.11 Å². The Labute approximate surface area is 189 Å². The first kappa shape index (κ1) is 20.8.